The lowest BCUT2D eigenvalue weighted by atomic mass is 10.1. The molecule has 4 heteroatoms. The van der Waals surface area contributed by atoms with Crippen LogP contribution >= 0.6 is 0 Å². The maximum Gasteiger partial charge on any atom is 0.127 e. The van der Waals surface area contributed by atoms with Crippen molar-refractivity contribution in [1.29, 1.82) is 0 Å². The molecule has 0 aliphatic carbocycles. The molecule has 0 aromatic heterocycles. The molecule has 19 heavy (non-hydrogen) atoms. The van der Waals surface area contributed by atoms with Gasteiger partial charge in [-0.25, -0.2) is 0 Å². The molecule has 106 valence electrons. The van der Waals surface area contributed by atoms with Crippen molar-refractivity contribution in [2.45, 2.75) is 19.5 Å². The van der Waals surface area contributed by atoms with Crippen LogP contribution in [0.1, 0.15) is 12.5 Å². The van der Waals surface area contributed by atoms with Gasteiger partial charge in [0, 0.05) is 37.3 Å². The van der Waals surface area contributed by atoms with E-state index in [1.807, 2.05) is 19.2 Å². The number of likely N-dealkylation sites (tertiary alicyclic amines) is 1. The standard InChI is InChI=1S/C15H24N2O2/c1-11-8-17(10-14(11)16-2)9-12-5-6-13(18-3)7-15(12)19-4/h5-7,11,14,16H,8-10H2,1-4H3. The third-order valence-electron chi connectivity index (χ3n) is 3.95. The molecule has 0 bridgehead atoms. The second kappa shape index (κ2) is 6.26. The van der Waals surface area contributed by atoms with Crippen molar-refractivity contribution < 1.29 is 9.47 Å². The molecule has 0 spiro atoms. The Balaban J connectivity index is 2.07. The highest BCUT2D eigenvalue weighted by molar-refractivity contribution is 5.40. The van der Waals surface area contributed by atoms with E-state index in [1.165, 1.54) is 5.56 Å². The number of nitrogens with zero attached hydrogens (tertiary/aromatic N) is 1. The monoisotopic (exact) mass is 264 g/mol. The molecule has 2 unspecified atom stereocenters. The van der Waals surface area contributed by atoms with E-state index in [-0.39, 0.29) is 0 Å². The average Bonchev–Trinajstić information content (AvgIpc) is 2.79. The summed E-state index contributed by atoms with van der Waals surface area (Å²) >= 11 is 0. The van der Waals surface area contributed by atoms with Gasteiger partial charge in [-0.05, 0) is 19.0 Å². The summed E-state index contributed by atoms with van der Waals surface area (Å²) in [7, 11) is 5.42. The van der Waals surface area contributed by atoms with E-state index in [0.717, 1.165) is 31.1 Å². The van der Waals surface area contributed by atoms with Crippen molar-refractivity contribution in [3.63, 3.8) is 0 Å². The molecule has 1 N–H and O–H groups in total. The topological polar surface area (TPSA) is 33.7 Å². The Morgan fingerprint density at radius 1 is 1.26 bits per heavy atom. The van der Waals surface area contributed by atoms with Crippen molar-refractivity contribution in [1.82, 2.24) is 10.2 Å². The summed E-state index contributed by atoms with van der Waals surface area (Å²) in [5, 5.41) is 3.38. The predicted octanol–water partition coefficient (Wildman–Crippen LogP) is 1.74. The molecule has 1 aliphatic heterocycles. The van der Waals surface area contributed by atoms with Gasteiger partial charge in [-0.2, -0.15) is 0 Å². The fourth-order valence-electron chi connectivity index (χ4n) is 2.80. The zero-order chi connectivity index (χ0) is 13.8. The molecule has 2 atom stereocenters. The molecule has 1 heterocycles. The molecule has 1 fully saturated rings. The molecule has 0 radical (unpaired) electrons. The molecule has 2 rings (SSSR count). The second-order valence-corrected chi connectivity index (χ2v) is 5.24. The van der Waals surface area contributed by atoms with Gasteiger partial charge >= 0.3 is 0 Å². The summed E-state index contributed by atoms with van der Waals surface area (Å²) < 4.78 is 10.7. The SMILES string of the molecule is CNC1CN(Cc2ccc(OC)cc2OC)CC1C. The van der Waals surface area contributed by atoms with Crippen LogP contribution in [0.2, 0.25) is 0 Å². The van der Waals surface area contributed by atoms with Gasteiger partial charge in [-0.3, -0.25) is 4.90 Å². The highest BCUT2D eigenvalue weighted by Crippen LogP contribution is 2.27. The van der Waals surface area contributed by atoms with E-state index in [2.05, 4.69) is 23.2 Å². The minimum absolute atomic E-state index is 0.587. The number of methoxy groups -OCH3 is 2. The van der Waals surface area contributed by atoms with E-state index >= 15 is 0 Å². The van der Waals surface area contributed by atoms with Crippen LogP contribution in [0.3, 0.4) is 0 Å². The fraction of sp³-hybridized carbons (Fsp3) is 0.600. The Labute approximate surface area is 115 Å². The number of hydrogen-bond acceptors (Lipinski definition) is 4. The molecule has 1 aromatic carbocycles. The van der Waals surface area contributed by atoms with Gasteiger partial charge in [0.1, 0.15) is 11.5 Å². The van der Waals surface area contributed by atoms with Crippen LogP contribution in [-0.4, -0.2) is 45.3 Å². The lowest BCUT2D eigenvalue weighted by Crippen LogP contribution is -2.32. The highest BCUT2D eigenvalue weighted by atomic mass is 16.5. The first-order valence-corrected chi connectivity index (χ1v) is 6.78. The highest BCUT2D eigenvalue weighted by Gasteiger charge is 2.28. The number of rotatable bonds is 5. The Bertz CT molecular complexity index is 423. The summed E-state index contributed by atoms with van der Waals surface area (Å²) in [6.07, 6.45) is 0. The van der Waals surface area contributed by atoms with Gasteiger partial charge in [-0.1, -0.05) is 13.0 Å². The van der Waals surface area contributed by atoms with Crippen molar-refractivity contribution in [3.8, 4) is 11.5 Å². The number of ether oxygens (including phenoxy) is 2. The lowest BCUT2D eigenvalue weighted by molar-refractivity contribution is 0.307. The van der Waals surface area contributed by atoms with Gasteiger partial charge in [-0.15, -0.1) is 0 Å². The second-order valence-electron chi connectivity index (χ2n) is 5.24. The minimum atomic E-state index is 0.587. The molecular formula is C15H24N2O2. The first-order chi connectivity index (χ1) is 9.17. The first kappa shape index (κ1) is 14.2. The van der Waals surface area contributed by atoms with Gasteiger partial charge in [0.2, 0.25) is 0 Å². The zero-order valence-corrected chi connectivity index (χ0v) is 12.3. The summed E-state index contributed by atoms with van der Waals surface area (Å²) in [5.74, 6) is 2.43. The van der Waals surface area contributed by atoms with E-state index in [4.69, 9.17) is 9.47 Å². The van der Waals surface area contributed by atoms with Crippen molar-refractivity contribution in [2.24, 2.45) is 5.92 Å². The third kappa shape index (κ3) is 3.19. The van der Waals surface area contributed by atoms with Crippen molar-refractivity contribution >= 4 is 0 Å². The number of benzene rings is 1. The normalized spacial score (nSPS) is 23.6. The number of likely N-dealkylation sites (N-methyl/N-ethyl adjacent to an activating group) is 1. The Morgan fingerprint density at radius 2 is 2.05 bits per heavy atom. The van der Waals surface area contributed by atoms with Gasteiger partial charge in [0.15, 0.2) is 0 Å². The van der Waals surface area contributed by atoms with Crippen LogP contribution in [0.4, 0.5) is 0 Å². The molecule has 1 saturated heterocycles. The summed E-state index contributed by atoms with van der Waals surface area (Å²) in [6.45, 7) is 5.44. The van der Waals surface area contributed by atoms with E-state index in [9.17, 15) is 0 Å². The van der Waals surface area contributed by atoms with Crippen molar-refractivity contribution in [2.75, 3.05) is 34.4 Å². The molecule has 4 nitrogen and oxygen atoms in total. The van der Waals surface area contributed by atoms with Crippen LogP contribution in [-0.2, 0) is 6.54 Å². The van der Waals surface area contributed by atoms with Crippen LogP contribution in [0.5, 0.6) is 11.5 Å². The molecule has 1 aromatic rings. The molecule has 0 saturated carbocycles. The number of hydrogen-bond donors (Lipinski definition) is 1. The van der Waals surface area contributed by atoms with Crippen LogP contribution < -0.4 is 14.8 Å². The lowest BCUT2D eigenvalue weighted by Gasteiger charge is -2.18. The minimum Gasteiger partial charge on any atom is -0.497 e. The maximum atomic E-state index is 5.46. The fourth-order valence-corrected chi connectivity index (χ4v) is 2.80. The van der Waals surface area contributed by atoms with Crippen molar-refractivity contribution in [3.05, 3.63) is 23.8 Å². The molecule has 1 aliphatic rings. The van der Waals surface area contributed by atoms with Crippen LogP contribution in [0.25, 0.3) is 0 Å². The Hall–Kier alpha value is -1.26. The predicted molar refractivity (Wildman–Crippen MR) is 76.8 cm³/mol. The largest absolute Gasteiger partial charge is 0.497 e. The van der Waals surface area contributed by atoms with Gasteiger partial charge in [0.05, 0.1) is 14.2 Å². The quantitative estimate of drug-likeness (QED) is 0.878. The molecule has 0 amide bonds. The summed E-state index contributed by atoms with van der Waals surface area (Å²) in [6, 6.07) is 6.62. The molecular weight excluding hydrogens is 240 g/mol. The third-order valence-corrected chi connectivity index (χ3v) is 3.95. The van der Waals surface area contributed by atoms with Crippen LogP contribution in [0.15, 0.2) is 18.2 Å². The average molecular weight is 264 g/mol. The van der Waals surface area contributed by atoms with Gasteiger partial charge < -0.3 is 14.8 Å². The Kier molecular flexibility index (Phi) is 4.66. The van der Waals surface area contributed by atoms with E-state index in [1.54, 1.807) is 14.2 Å². The summed E-state index contributed by atoms with van der Waals surface area (Å²) in [4.78, 5) is 2.47. The van der Waals surface area contributed by atoms with E-state index in [0.29, 0.717) is 12.0 Å². The number of nitrogens with one attached hydrogen (secondary N) is 1. The Morgan fingerprint density at radius 3 is 2.63 bits per heavy atom. The summed E-state index contributed by atoms with van der Waals surface area (Å²) in [5.41, 5.74) is 1.22. The zero-order valence-electron chi connectivity index (χ0n) is 12.3. The van der Waals surface area contributed by atoms with Crippen LogP contribution in [0, 0.1) is 5.92 Å². The van der Waals surface area contributed by atoms with E-state index < -0.39 is 0 Å². The maximum absolute atomic E-state index is 5.46. The first-order valence-electron chi connectivity index (χ1n) is 6.78. The smallest absolute Gasteiger partial charge is 0.127 e. The van der Waals surface area contributed by atoms with Gasteiger partial charge in [0.25, 0.3) is 0 Å².